The Bertz CT molecular complexity index is 658. The third kappa shape index (κ3) is 6.58. The lowest BCUT2D eigenvalue weighted by Gasteiger charge is -2.38. The Balaban J connectivity index is 1.83. The van der Waals surface area contributed by atoms with E-state index in [4.69, 9.17) is 4.43 Å². The number of carbonyl (C=O) groups is 1. The van der Waals surface area contributed by atoms with Gasteiger partial charge in [0, 0.05) is 12.2 Å². The SMILES string of the molecule is CC(C(=O)O)[C@H]1CC[C@H](c2ccc(NC[C@@H](C)O[Si](C)(C)C(C)(C)C)cc2)CC1. The molecule has 164 valence electrons. The van der Waals surface area contributed by atoms with E-state index in [0.717, 1.165) is 37.9 Å². The van der Waals surface area contributed by atoms with Crippen molar-refractivity contribution in [2.75, 3.05) is 11.9 Å². The quantitative estimate of drug-likeness (QED) is 0.472. The van der Waals surface area contributed by atoms with Crippen LogP contribution >= 0.6 is 0 Å². The second-order valence-corrected chi connectivity index (χ2v) is 15.2. The minimum Gasteiger partial charge on any atom is -0.481 e. The van der Waals surface area contributed by atoms with Crippen LogP contribution in [0, 0.1) is 11.8 Å². The van der Waals surface area contributed by atoms with Gasteiger partial charge in [0.05, 0.1) is 12.0 Å². The largest absolute Gasteiger partial charge is 0.481 e. The smallest absolute Gasteiger partial charge is 0.306 e. The molecule has 2 atom stereocenters. The van der Waals surface area contributed by atoms with Gasteiger partial charge in [-0.15, -0.1) is 0 Å². The maximum absolute atomic E-state index is 11.2. The van der Waals surface area contributed by atoms with Gasteiger partial charge in [-0.25, -0.2) is 0 Å². The van der Waals surface area contributed by atoms with Gasteiger partial charge in [0.15, 0.2) is 8.32 Å². The summed E-state index contributed by atoms with van der Waals surface area (Å²) in [5, 5.41) is 13.0. The second-order valence-electron chi connectivity index (χ2n) is 10.4. The molecule has 29 heavy (non-hydrogen) atoms. The van der Waals surface area contributed by atoms with Gasteiger partial charge in [0.25, 0.3) is 0 Å². The first-order chi connectivity index (χ1) is 13.4. The minimum absolute atomic E-state index is 0.182. The van der Waals surface area contributed by atoms with Gasteiger partial charge in [-0.2, -0.15) is 0 Å². The molecule has 0 heterocycles. The average molecular weight is 420 g/mol. The van der Waals surface area contributed by atoms with Crippen molar-refractivity contribution in [1.82, 2.24) is 0 Å². The standard InChI is InChI=1S/C24H41NO3Si/c1-17(28-29(6,7)24(3,4)5)16-25-22-14-12-21(13-15-22)20-10-8-19(9-11-20)18(2)23(26)27/h12-15,17-20,25H,8-11,16H2,1-7H3,(H,26,27)/t17-,18?,19-,20-/m1/s1. The Hall–Kier alpha value is -1.33. The summed E-state index contributed by atoms with van der Waals surface area (Å²) in [6.07, 6.45) is 4.39. The molecule has 4 nitrogen and oxygen atoms in total. The number of benzene rings is 1. The summed E-state index contributed by atoms with van der Waals surface area (Å²) in [5.74, 6) is 0.00269. The zero-order valence-electron chi connectivity index (χ0n) is 19.4. The monoisotopic (exact) mass is 419 g/mol. The first kappa shape index (κ1) is 23.9. The minimum atomic E-state index is -1.74. The van der Waals surface area contributed by atoms with Crippen LogP contribution in [0.2, 0.25) is 18.1 Å². The van der Waals surface area contributed by atoms with Gasteiger partial charge < -0.3 is 14.8 Å². The molecular weight excluding hydrogens is 378 g/mol. The topological polar surface area (TPSA) is 58.6 Å². The molecule has 0 aliphatic heterocycles. The van der Waals surface area contributed by atoms with E-state index in [1.807, 2.05) is 6.92 Å². The zero-order chi connectivity index (χ0) is 21.8. The molecule has 2 rings (SSSR count). The third-order valence-corrected chi connectivity index (χ3v) is 11.8. The van der Waals surface area contributed by atoms with Crippen molar-refractivity contribution in [1.29, 1.82) is 0 Å². The highest BCUT2D eigenvalue weighted by atomic mass is 28.4. The summed E-state index contributed by atoms with van der Waals surface area (Å²) in [6.45, 7) is 16.2. The number of anilines is 1. The maximum atomic E-state index is 11.2. The highest BCUT2D eigenvalue weighted by Gasteiger charge is 2.38. The van der Waals surface area contributed by atoms with Crippen LogP contribution in [-0.2, 0) is 9.22 Å². The van der Waals surface area contributed by atoms with E-state index in [0.29, 0.717) is 11.8 Å². The van der Waals surface area contributed by atoms with Crippen LogP contribution < -0.4 is 5.32 Å². The molecule has 0 bridgehead atoms. The lowest BCUT2D eigenvalue weighted by Crippen LogP contribution is -2.44. The van der Waals surface area contributed by atoms with Crippen LogP contribution in [0.15, 0.2) is 24.3 Å². The summed E-state index contributed by atoms with van der Waals surface area (Å²) >= 11 is 0. The number of carboxylic acids is 1. The van der Waals surface area contributed by atoms with Crippen LogP contribution in [0.4, 0.5) is 5.69 Å². The first-order valence-electron chi connectivity index (χ1n) is 11.1. The van der Waals surface area contributed by atoms with E-state index in [9.17, 15) is 9.90 Å². The predicted octanol–water partition coefficient (Wildman–Crippen LogP) is 6.50. The van der Waals surface area contributed by atoms with E-state index in [1.165, 1.54) is 5.56 Å². The van der Waals surface area contributed by atoms with Crippen LogP contribution in [0.3, 0.4) is 0 Å². The summed E-state index contributed by atoms with van der Waals surface area (Å²) in [7, 11) is -1.74. The number of hydrogen-bond acceptors (Lipinski definition) is 3. The predicted molar refractivity (Wildman–Crippen MR) is 124 cm³/mol. The molecule has 1 fully saturated rings. The van der Waals surface area contributed by atoms with E-state index in [1.54, 1.807) is 0 Å². The number of rotatable bonds is 8. The van der Waals surface area contributed by atoms with Crippen LogP contribution in [0.25, 0.3) is 0 Å². The van der Waals surface area contributed by atoms with E-state index in [2.05, 4.69) is 70.4 Å². The molecule has 1 saturated carbocycles. The van der Waals surface area contributed by atoms with Crippen molar-refractivity contribution in [3.8, 4) is 0 Å². The Labute approximate surface area is 178 Å². The summed E-state index contributed by atoms with van der Waals surface area (Å²) in [4.78, 5) is 11.2. The van der Waals surface area contributed by atoms with E-state index < -0.39 is 14.3 Å². The van der Waals surface area contributed by atoms with Crippen molar-refractivity contribution in [3.63, 3.8) is 0 Å². The van der Waals surface area contributed by atoms with Crippen molar-refractivity contribution in [2.24, 2.45) is 11.8 Å². The fraction of sp³-hybridized carbons (Fsp3) is 0.708. The van der Waals surface area contributed by atoms with Crippen molar-refractivity contribution >= 4 is 20.0 Å². The second kappa shape index (κ2) is 9.65. The van der Waals surface area contributed by atoms with Crippen molar-refractivity contribution < 1.29 is 14.3 Å². The zero-order valence-corrected chi connectivity index (χ0v) is 20.4. The summed E-state index contributed by atoms with van der Waals surface area (Å²) < 4.78 is 6.42. The molecular formula is C24H41NO3Si. The van der Waals surface area contributed by atoms with Crippen molar-refractivity contribution in [3.05, 3.63) is 29.8 Å². The number of carboxylic acid groups (broad SMARTS) is 1. The molecule has 5 heteroatoms. The molecule has 1 aromatic carbocycles. The van der Waals surface area contributed by atoms with Crippen LogP contribution in [0.1, 0.15) is 71.8 Å². The van der Waals surface area contributed by atoms with Crippen molar-refractivity contribution in [2.45, 2.75) is 90.5 Å². The molecule has 2 N–H and O–H groups in total. The Morgan fingerprint density at radius 1 is 1.14 bits per heavy atom. The average Bonchev–Trinajstić information content (AvgIpc) is 2.65. The van der Waals surface area contributed by atoms with Gasteiger partial charge >= 0.3 is 5.97 Å². The highest BCUT2D eigenvalue weighted by molar-refractivity contribution is 6.74. The molecule has 1 unspecified atom stereocenters. The van der Waals surface area contributed by atoms with Crippen LogP contribution in [-0.4, -0.2) is 32.0 Å². The van der Waals surface area contributed by atoms with E-state index >= 15 is 0 Å². The molecule has 0 radical (unpaired) electrons. The molecule has 1 aliphatic carbocycles. The summed E-state index contributed by atoms with van der Waals surface area (Å²) in [6, 6.07) is 8.79. The normalized spacial score (nSPS) is 22.7. The number of aliphatic carboxylic acids is 1. The lowest BCUT2D eigenvalue weighted by atomic mass is 9.74. The Morgan fingerprint density at radius 3 is 2.17 bits per heavy atom. The molecule has 0 aromatic heterocycles. The molecule has 1 aliphatic rings. The first-order valence-corrected chi connectivity index (χ1v) is 14.1. The molecule has 0 spiro atoms. The van der Waals surface area contributed by atoms with Gasteiger partial charge in [-0.3, -0.25) is 4.79 Å². The fourth-order valence-electron chi connectivity index (χ4n) is 4.01. The highest BCUT2D eigenvalue weighted by Crippen LogP contribution is 2.39. The van der Waals surface area contributed by atoms with E-state index in [-0.39, 0.29) is 17.1 Å². The summed E-state index contributed by atoms with van der Waals surface area (Å²) in [5.41, 5.74) is 2.51. The molecule has 0 saturated heterocycles. The fourth-order valence-corrected chi connectivity index (χ4v) is 5.45. The number of nitrogens with one attached hydrogen (secondary N) is 1. The lowest BCUT2D eigenvalue weighted by molar-refractivity contribution is -0.143. The van der Waals surface area contributed by atoms with Gasteiger partial charge in [0.2, 0.25) is 0 Å². The molecule has 0 amide bonds. The third-order valence-electron chi connectivity index (χ3n) is 7.15. The van der Waals surface area contributed by atoms with Gasteiger partial charge in [-0.1, -0.05) is 39.8 Å². The number of hydrogen-bond donors (Lipinski definition) is 2. The maximum Gasteiger partial charge on any atom is 0.306 e. The van der Waals surface area contributed by atoms with Gasteiger partial charge in [0.1, 0.15) is 0 Å². The molecule has 1 aromatic rings. The van der Waals surface area contributed by atoms with Gasteiger partial charge in [-0.05, 0) is 80.3 Å². The Morgan fingerprint density at radius 2 is 1.69 bits per heavy atom. The van der Waals surface area contributed by atoms with Crippen LogP contribution in [0.5, 0.6) is 0 Å². The Kier molecular flexibility index (Phi) is 7.97.